The number of benzene rings is 1. The zero-order chi connectivity index (χ0) is 19.0. The molecular formula is C22H30O3. The second-order valence-electron chi connectivity index (χ2n) is 9.00. The largest absolute Gasteiger partial charge is 0.385 e. The first kappa shape index (κ1) is 19.6. The second-order valence-corrected chi connectivity index (χ2v) is 9.00. The number of hydrogen-bond donors (Lipinski definition) is 2. The molecule has 1 aliphatic carbocycles. The number of aliphatic hydroxyl groups excluding tert-OH is 1. The molecule has 0 saturated heterocycles. The van der Waals surface area contributed by atoms with Crippen LogP contribution in [0.2, 0.25) is 0 Å². The number of hydrogen-bond acceptors (Lipinski definition) is 3. The van der Waals surface area contributed by atoms with Crippen molar-refractivity contribution in [3.05, 3.63) is 59.2 Å². The van der Waals surface area contributed by atoms with Crippen LogP contribution in [0.5, 0.6) is 0 Å². The van der Waals surface area contributed by atoms with E-state index >= 15 is 0 Å². The van der Waals surface area contributed by atoms with Gasteiger partial charge in [0.05, 0.1) is 5.60 Å². The predicted octanol–water partition coefficient (Wildman–Crippen LogP) is 4.37. The molecule has 3 heteroatoms. The molecular weight excluding hydrogens is 312 g/mol. The summed E-state index contributed by atoms with van der Waals surface area (Å²) in [5.41, 5.74) is 0.318. The van der Waals surface area contributed by atoms with Gasteiger partial charge in [0.1, 0.15) is 6.10 Å². The van der Waals surface area contributed by atoms with Crippen LogP contribution in [0.4, 0.5) is 0 Å². The highest BCUT2D eigenvalue weighted by molar-refractivity contribution is 6.02. The van der Waals surface area contributed by atoms with Gasteiger partial charge in [-0.25, -0.2) is 0 Å². The molecule has 136 valence electrons. The summed E-state index contributed by atoms with van der Waals surface area (Å²) in [6, 6.07) is 8.96. The highest BCUT2D eigenvalue weighted by Gasteiger charge is 2.43. The van der Waals surface area contributed by atoms with Gasteiger partial charge in [0.25, 0.3) is 0 Å². The van der Waals surface area contributed by atoms with Crippen molar-refractivity contribution in [2.45, 2.75) is 59.7 Å². The van der Waals surface area contributed by atoms with Gasteiger partial charge in [-0.15, -0.1) is 0 Å². The molecule has 2 atom stereocenters. The summed E-state index contributed by atoms with van der Waals surface area (Å²) >= 11 is 0. The number of ketones is 1. The molecule has 2 unspecified atom stereocenters. The Bertz CT molecular complexity index is 699. The van der Waals surface area contributed by atoms with Gasteiger partial charge in [-0.2, -0.15) is 0 Å². The Labute approximate surface area is 151 Å². The first-order chi connectivity index (χ1) is 11.4. The Kier molecular flexibility index (Phi) is 5.13. The SMILES string of the molecule is CC(C)(C)C1=C(C(=O)C(O)c2ccccc2)C=CC(O)(C(C)(C)C)C1. The Morgan fingerprint density at radius 2 is 1.64 bits per heavy atom. The monoisotopic (exact) mass is 342 g/mol. The van der Waals surface area contributed by atoms with E-state index in [4.69, 9.17) is 0 Å². The highest BCUT2D eigenvalue weighted by Crippen LogP contribution is 2.46. The normalized spacial score (nSPS) is 22.9. The van der Waals surface area contributed by atoms with Crippen molar-refractivity contribution in [3.63, 3.8) is 0 Å². The van der Waals surface area contributed by atoms with Crippen molar-refractivity contribution >= 4 is 5.78 Å². The molecule has 3 nitrogen and oxygen atoms in total. The Morgan fingerprint density at radius 3 is 2.12 bits per heavy atom. The standard InChI is InChI=1S/C22H30O3/c1-20(2,3)17-14-22(25,21(4,5)6)13-12-16(17)19(24)18(23)15-10-8-7-9-11-15/h7-13,18,23,25H,14H2,1-6H3. The lowest BCUT2D eigenvalue weighted by atomic mass is 9.65. The van der Waals surface area contributed by atoms with Crippen LogP contribution in [0.15, 0.2) is 53.6 Å². The fourth-order valence-corrected chi connectivity index (χ4v) is 3.09. The van der Waals surface area contributed by atoms with E-state index in [0.717, 1.165) is 5.57 Å². The first-order valence-corrected chi connectivity index (χ1v) is 8.79. The van der Waals surface area contributed by atoms with Gasteiger partial charge in [-0.05, 0) is 16.4 Å². The minimum absolute atomic E-state index is 0.286. The Morgan fingerprint density at radius 1 is 1.08 bits per heavy atom. The molecule has 0 aliphatic heterocycles. The van der Waals surface area contributed by atoms with Crippen molar-refractivity contribution in [1.82, 2.24) is 0 Å². The Balaban J connectivity index is 2.47. The van der Waals surface area contributed by atoms with Crippen molar-refractivity contribution in [3.8, 4) is 0 Å². The van der Waals surface area contributed by atoms with Gasteiger partial charge in [0.2, 0.25) is 0 Å². The number of rotatable bonds is 3. The molecule has 0 amide bonds. The van der Waals surface area contributed by atoms with Crippen molar-refractivity contribution < 1.29 is 15.0 Å². The molecule has 1 aromatic rings. The molecule has 0 bridgehead atoms. The number of carbonyl (C=O) groups is 1. The molecule has 1 aliphatic rings. The summed E-state index contributed by atoms with van der Waals surface area (Å²) in [4.78, 5) is 13.0. The van der Waals surface area contributed by atoms with E-state index in [-0.39, 0.29) is 16.6 Å². The van der Waals surface area contributed by atoms with Crippen LogP contribution in [0, 0.1) is 10.8 Å². The lowest BCUT2D eigenvalue weighted by Crippen LogP contribution is -2.44. The van der Waals surface area contributed by atoms with Crippen LogP contribution in [0.3, 0.4) is 0 Å². The highest BCUT2D eigenvalue weighted by atomic mass is 16.3. The van der Waals surface area contributed by atoms with E-state index in [1.54, 1.807) is 36.4 Å². The molecule has 0 heterocycles. The van der Waals surface area contributed by atoms with Crippen LogP contribution in [0.1, 0.15) is 59.6 Å². The third kappa shape index (κ3) is 3.94. The van der Waals surface area contributed by atoms with Gasteiger partial charge < -0.3 is 10.2 Å². The zero-order valence-corrected chi connectivity index (χ0v) is 16.1. The first-order valence-electron chi connectivity index (χ1n) is 8.79. The fraction of sp³-hybridized carbons (Fsp3) is 0.500. The van der Waals surface area contributed by atoms with Gasteiger partial charge in [-0.3, -0.25) is 4.79 Å². The van der Waals surface area contributed by atoms with Crippen LogP contribution in [0.25, 0.3) is 0 Å². The summed E-state index contributed by atoms with van der Waals surface area (Å²) in [5, 5.41) is 21.6. The van der Waals surface area contributed by atoms with Gasteiger partial charge in [0, 0.05) is 12.0 Å². The average Bonchev–Trinajstić information content (AvgIpc) is 2.52. The molecule has 2 N–H and O–H groups in total. The molecule has 25 heavy (non-hydrogen) atoms. The average molecular weight is 342 g/mol. The molecule has 2 rings (SSSR count). The van der Waals surface area contributed by atoms with E-state index in [0.29, 0.717) is 17.6 Å². The topological polar surface area (TPSA) is 57.5 Å². The third-order valence-electron chi connectivity index (χ3n) is 5.13. The maximum atomic E-state index is 13.0. The van der Waals surface area contributed by atoms with Crippen LogP contribution in [-0.2, 0) is 4.79 Å². The van der Waals surface area contributed by atoms with E-state index in [1.165, 1.54) is 0 Å². The third-order valence-corrected chi connectivity index (χ3v) is 5.13. The maximum Gasteiger partial charge on any atom is 0.195 e. The van der Waals surface area contributed by atoms with E-state index in [9.17, 15) is 15.0 Å². The minimum Gasteiger partial charge on any atom is -0.385 e. The van der Waals surface area contributed by atoms with E-state index in [1.807, 2.05) is 47.6 Å². The fourth-order valence-electron chi connectivity index (χ4n) is 3.09. The summed E-state index contributed by atoms with van der Waals surface area (Å²) in [5.74, 6) is -0.316. The zero-order valence-electron chi connectivity index (χ0n) is 16.1. The van der Waals surface area contributed by atoms with E-state index in [2.05, 4.69) is 0 Å². The summed E-state index contributed by atoms with van der Waals surface area (Å²) < 4.78 is 0. The number of carbonyl (C=O) groups excluding carboxylic acids is 1. The van der Waals surface area contributed by atoms with Gasteiger partial charge >= 0.3 is 0 Å². The number of Topliss-reactive ketones (excluding diaryl/α,β-unsaturated/α-hetero) is 1. The summed E-state index contributed by atoms with van der Waals surface area (Å²) in [6.45, 7) is 12.1. The summed E-state index contributed by atoms with van der Waals surface area (Å²) in [7, 11) is 0. The Hall–Kier alpha value is -1.71. The number of aliphatic hydroxyl groups is 2. The lowest BCUT2D eigenvalue weighted by molar-refractivity contribution is -0.123. The van der Waals surface area contributed by atoms with Crippen molar-refractivity contribution in [1.29, 1.82) is 0 Å². The van der Waals surface area contributed by atoms with E-state index < -0.39 is 11.7 Å². The van der Waals surface area contributed by atoms with Crippen LogP contribution < -0.4 is 0 Å². The van der Waals surface area contributed by atoms with Crippen molar-refractivity contribution in [2.75, 3.05) is 0 Å². The predicted molar refractivity (Wildman–Crippen MR) is 101 cm³/mol. The molecule has 0 spiro atoms. The molecule has 0 fully saturated rings. The number of allylic oxidation sites excluding steroid dienone is 1. The molecule has 0 radical (unpaired) electrons. The summed E-state index contributed by atoms with van der Waals surface area (Å²) in [6.07, 6.45) is 2.61. The van der Waals surface area contributed by atoms with Crippen LogP contribution in [-0.4, -0.2) is 21.6 Å². The molecule has 0 aromatic heterocycles. The van der Waals surface area contributed by atoms with Gasteiger partial charge in [0.15, 0.2) is 5.78 Å². The molecule has 0 saturated carbocycles. The minimum atomic E-state index is -1.20. The van der Waals surface area contributed by atoms with Gasteiger partial charge in [-0.1, -0.05) is 89.6 Å². The van der Waals surface area contributed by atoms with Crippen molar-refractivity contribution in [2.24, 2.45) is 10.8 Å². The quantitative estimate of drug-likeness (QED) is 0.857. The lowest BCUT2D eigenvalue weighted by Gasteiger charge is -2.43. The van der Waals surface area contributed by atoms with Crippen LogP contribution >= 0.6 is 0 Å². The maximum absolute atomic E-state index is 13.0. The smallest absolute Gasteiger partial charge is 0.195 e. The second kappa shape index (κ2) is 6.54. The molecule has 1 aromatic carbocycles.